The molecule has 1 heterocycles. The van der Waals surface area contributed by atoms with Crippen LogP contribution in [0.2, 0.25) is 0 Å². The van der Waals surface area contributed by atoms with Crippen molar-refractivity contribution in [1.29, 1.82) is 0 Å². The lowest BCUT2D eigenvalue weighted by Crippen LogP contribution is -2.02. The number of carbonyl (C=O) groups is 1. The lowest BCUT2D eigenvalue weighted by Gasteiger charge is -2.00. The van der Waals surface area contributed by atoms with E-state index in [1.54, 1.807) is 0 Å². The first kappa shape index (κ1) is 9.98. The number of halogens is 4. The summed E-state index contributed by atoms with van der Waals surface area (Å²) in [6, 6.07) is 1.52. The van der Waals surface area contributed by atoms with E-state index in [1.165, 1.54) is 0 Å². The molecular weight excluding hydrogens is 207 g/mol. The molecule has 0 spiro atoms. The van der Waals surface area contributed by atoms with Gasteiger partial charge in [-0.2, -0.15) is 0 Å². The molecule has 6 heteroatoms. The Morgan fingerprint density at radius 1 is 1.46 bits per heavy atom. The average molecular weight is 210 g/mol. The molecule has 1 aromatic rings. The molecule has 0 amide bonds. The molecule has 0 aliphatic carbocycles. The molecule has 0 saturated heterocycles. The van der Waals surface area contributed by atoms with E-state index < -0.39 is 28.9 Å². The normalized spacial score (nSPS) is 10.5. The Morgan fingerprint density at radius 2 is 2.08 bits per heavy atom. The van der Waals surface area contributed by atoms with Crippen LogP contribution in [0.4, 0.5) is 13.2 Å². The third-order valence-electron chi connectivity index (χ3n) is 1.28. The highest BCUT2D eigenvalue weighted by Gasteiger charge is 2.16. The summed E-state index contributed by atoms with van der Waals surface area (Å²) in [5.74, 6) is -1.01. The van der Waals surface area contributed by atoms with E-state index >= 15 is 0 Å². The van der Waals surface area contributed by atoms with Gasteiger partial charge in [0, 0.05) is 0 Å². The highest BCUT2D eigenvalue weighted by atomic mass is 35.5. The largest absolute Gasteiger partial charge is 0.280 e. The molecule has 0 N–H and O–H groups in total. The molecule has 0 aliphatic rings. The molecule has 0 atom stereocenters. The third kappa shape index (κ3) is 2.18. The Bertz CT molecular complexity index is 343. The van der Waals surface area contributed by atoms with E-state index in [-0.39, 0.29) is 0 Å². The molecule has 0 radical (unpaired) electrons. The van der Waals surface area contributed by atoms with Gasteiger partial charge in [-0.1, -0.05) is 0 Å². The number of rotatable bonds is 2. The average Bonchev–Trinajstić information content (AvgIpc) is 2.04. The molecule has 13 heavy (non-hydrogen) atoms. The van der Waals surface area contributed by atoms with Gasteiger partial charge in [0.2, 0.25) is 0 Å². The fourth-order valence-electron chi connectivity index (χ4n) is 0.717. The first-order valence-electron chi connectivity index (χ1n) is 3.17. The maximum atomic E-state index is 12.7. The Labute approximate surface area is 76.3 Å². The Hall–Kier alpha value is -1.10. The molecule has 0 aromatic carbocycles. The molecule has 2 nitrogen and oxygen atoms in total. The van der Waals surface area contributed by atoms with Crippen LogP contribution < -0.4 is 0 Å². The lowest BCUT2D eigenvalue weighted by atomic mass is 10.3. The fraction of sp³-hybridized carbons (Fsp3) is 0.143. The van der Waals surface area contributed by atoms with Gasteiger partial charge in [-0.25, -0.2) is 18.2 Å². The van der Waals surface area contributed by atoms with Gasteiger partial charge in [0.25, 0.3) is 11.7 Å². The minimum atomic E-state index is -2.85. The molecule has 0 unspecified atom stereocenters. The van der Waals surface area contributed by atoms with E-state index in [2.05, 4.69) is 4.98 Å². The summed E-state index contributed by atoms with van der Waals surface area (Å²) >= 11 is 4.90. The molecule has 1 aromatic heterocycles. The van der Waals surface area contributed by atoms with Crippen LogP contribution in [-0.2, 0) is 0 Å². The van der Waals surface area contributed by atoms with E-state index in [1.807, 2.05) is 0 Å². The number of hydrogen-bond acceptors (Lipinski definition) is 2. The van der Waals surface area contributed by atoms with E-state index in [0.29, 0.717) is 0 Å². The Kier molecular flexibility index (Phi) is 2.87. The van der Waals surface area contributed by atoms with Crippen molar-refractivity contribution in [3.63, 3.8) is 0 Å². The summed E-state index contributed by atoms with van der Waals surface area (Å²) in [4.78, 5) is 13.5. The van der Waals surface area contributed by atoms with Crippen LogP contribution in [0.15, 0.2) is 12.1 Å². The van der Waals surface area contributed by atoms with Crippen LogP contribution in [-0.4, -0.2) is 10.2 Å². The molecular formula is C7H3ClF3NO. The van der Waals surface area contributed by atoms with E-state index in [0.717, 1.165) is 12.1 Å². The third-order valence-corrected chi connectivity index (χ3v) is 1.46. The minimum Gasteiger partial charge on any atom is -0.274 e. The van der Waals surface area contributed by atoms with Gasteiger partial charge < -0.3 is 0 Å². The van der Waals surface area contributed by atoms with Crippen LogP contribution in [0.5, 0.6) is 0 Å². The van der Waals surface area contributed by atoms with Gasteiger partial charge in [0.05, 0.1) is 0 Å². The number of alkyl halides is 2. The quantitative estimate of drug-likeness (QED) is 0.701. The topological polar surface area (TPSA) is 30.0 Å². The molecule has 0 saturated carbocycles. The van der Waals surface area contributed by atoms with Gasteiger partial charge in [0.15, 0.2) is 11.5 Å². The number of carbonyl (C=O) groups excluding carboxylic acids is 1. The second-order valence-corrected chi connectivity index (χ2v) is 2.48. The fourth-order valence-corrected chi connectivity index (χ4v) is 0.849. The smallest absolute Gasteiger partial charge is 0.274 e. The highest BCUT2D eigenvalue weighted by molar-refractivity contribution is 6.67. The van der Waals surface area contributed by atoms with E-state index in [4.69, 9.17) is 11.6 Å². The SMILES string of the molecule is O=C(Cl)c1nc(C(F)F)ccc1F. The van der Waals surface area contributed by atoms with Crippen molar-refractivity contribution in [2.45, 2.75) is 6.43 Å². The number of aromatic nitrogens is 1. The first-order chi connectivity index (χ1) is 6.02. The van der Waals surface area contributed by atoms with Gasteiger partial charge >= 0.3 is 0 Å². The number of hydrogen-bond donors (Lipinski definition) is 0. The van der Waals surface area contributed by atoms with Gasteiger partial charge in [0.1, 0.15) is 5.69 Å². The maximum Gasteiger partial charge on any atom is 0.280 e. The number of pyridine rings is 1. The van der Waals surface area contributed by atoms with Gasteiger partial charge in [-0.15, -0.1) is 0 Å². The van der Waals surface area contributed by atoms with Crippen molar-refractivity contribution in [3.8, 4) is 0 Å². The lowest BCUT2D eigenvalue weighted by molar-refractivity contribution is 0.107. The maximum absolute atomic E-state index is 12.7. The highest BCUT2D eigenvalue weighted by Crippen LogP contribution is 2.18. The minimum absolute atomic E-state index is 0.676. The molecule has 70 valence electrons. The summed E-state index contributed by atoms with van der Waals surface area (Å²) < 4.78 is 36.7. The second-order valence-electron chi connectivity index (χ2n) is 2.14. The van der Waals surface area contributed by atoms with Crippen LogP contribution in [0.3, 0.4) is 0 Å². The summed E-state index contributed by atoms with van der Waals surface area (Å²) in [7, 11) is 0. The van der Waals surface area contributed by atoms with Crippen LogP contribution >= 0.6 is 11.6 Å². The Morgan fingerprint density at radius 3 is 2.54 bits per heavy atom. The van der Waals surface area contributed by atoms with Gasteiger partial charge in [-0.3, -0.25) is 4.79 Å². The molecule has 0 aliphatic heterocycles. The summed E-state index contributed by atoms with van der Waals surface area (Å²) in [5.41, 5.74) is -1.45. The summed E-state index contributed by atoms with van der Waals surface area (Å²) in [6.07, 6.45) is -2.85. The summed E-state index contributed by atoms with van der Waals surface area (Å²) in [6.45, 7) is 0. The predicted octanol–water partition coefficient (Wildman–Crippen LogP) is 2.54. The van der Waals surface area contributed by atoms with Crippen molar-refractivity contribution in [2.75, 3.05) is 0 Å². The number of nitrogens with zero attached hydrogens (tertiary/aromatic N) is 1. The molecule has 0 bridgehead atoms. The van der Waals surface area contributed by atoms with Crippen molar-refractivity contribution >= 4 is 16.8 Å². The predicted molar refractivity (Wildman–Crippen MR) is 39.3 cm³/mol. The standard InChI is InChI=1S/C7H3ClF3NO/c8-6(13)5-3(9)1-2-4(12-5)7(10)11/h1-2,7H. The van der Waals surface area contributed by atoms with Crippen LogP contribution in [0.1, 0.15) is 22.6 Å². The molecule has 0 fully saturated rings. The van der Waals surface area contributed by atoms with Crippen molar-refractivity contribution in [1.82, 2.24) is 4.98 Å². The Balaban J connectivity index is 3.19. The summed E-state index contributed by atoms with van der Waals surface area (Å²) in [5, 5.41) is -1.19. The molecule has 1 rings (SSSR count). The first-order valence-corrected chi connectivity index (χ1v) is 3.54. The van der Waals surface area contributed by atoms with Crippen molar-refractivity contribution < 1.29 is 18.0 Å². The zero-order chi connectivity index (χ0) is 10.0. The van der Waals surface area contributed by atoms with Crippen molar-refractivity contribution in [2.24, 2.45) is 0 Å². The second kappa shape index (κ2) is 3.74. The van der Waals surface area contributed by atoms with Gasteiger partial charge in [-0.05, 0) is 23.7 Å². The van der Waals surface area contributed by atoms with E-state index in [9.17, 15) is 18.0 Å². The van der Waals surface area contributed by atoms with Crippen LogP contribution in [0, 0.1) is 5.82 Å². The van der Waals surface area contributed by atoms with Crippen molar-refractivity contribution in [3.05, 3.63) is 29.3 Å². The zero-order valence-corrected chi connectivity index (χ0v) is 6.86. The monoisotopic (exact) mass is 209 g/mol. The van der Waals surface area contributed by atoms with Crippen LogP contribution in [0.25, 0.3) is 0 Å². The zero-order valence-electron chi connectivity index (χ0n) is 6.10.